The van der Waals surface area contributed by atoms with Gasteiger partial charge in [-0.2, -0.15) is 0 Å². The molecule has 1 N–H and O–H groups in total. The lowest BCUT2D eigenvalue weighted by Crippen LogP contribution is -2.38. The maximum absolute atomic E-state index is 13.8. The van der Waals surface area contributed by atoms with Crippen LogP contribution in [0, 0.1) is 11.6 Å². The van der Waals surface area contributed by atoms with E-state index < -0.39 is 17.7 Å². The molecule has 19 heavy (non-hydrogen) atoms. The number of amides is 1. The molecule has 0 heterocycles. The molecule has 5 heteroatoms. The van der Waals surface area contributed by atoms with Crippen LogP contribution in [0.25, 0.3) is 0 Å². The van der Waals surface area contributed by atoms with Crippen LogP contribution in [0.1, 0.15) is 25.3 Å². The topological polar surface area (TPSA) is 38.3 Å². The van der Waals surface area contributed by atoms with Crippen molar-refractivity contribution in [3.05, 3.63) is 35.4 Å². The number of carbonyl (C=O) groups excluding carboxylic acids is 1. The van der Waals surface area contributed by atoms with Gasteiger partial charge in [-0.1, -0.05) is 6.07 Å². The van der Waals surface area contributed by atoms with Crippen molar-refractivity contribution in [3.8, 4) is 0 Å². The second-order valence-electron chi connectivity index (χ2n) is 5.00. The fourth-order valence-corrected chi connectivity index (χ4v) is 2.12. The van der Waals surface area contributed by atoms with Crippen molar-refractivity contribution in [1.82, 2.24) is 5.32 Å². The number of halogens is 2. The first-order valence-electron chi connectivity index (χ1n) is 6.24. The number of rotatable bonds is 5. The van der Waals surface area contributed by atoms with Gasteiger partial charge in [-0.3, -0.25) is 4.79 Å². The molecule has 3 nitrogen and oxygen atoms in total. The molecule has 1 aliphatic rings. The van der Waals surface area contributed by atoms with Crippen molar-refractivity contribution in [3.63, 3.8) is 0 Å². The highest BCUT2D eigenvalue weighted by Crippen LogP contribution is 2.48. The van der Waals surface area contributed by atoms with Crippen LogP contribution >= 0.6 is 0 Å². The Morgan fingerprint density at radius 1 is 1.47 bits per heavy atom. The molecule has 0 bridgehead atoms. The molecule has 0 spiro atoms. The first-order chi connectivity index (χ1) is 8.98. The molecule has 2 rings (SSSR count). The van der Waals surface area contributed by atoms with E-state index in [1.807, 2.05) is 0 Å². The van der Waals surface area contributed by atoms with Crippen LogP contribution in [0.4, 0.5) is 8.78 Å². The van der Waals surface area contributed by atoms with Gasteiger partial charge in [0, 0.05) is 25.1 Å². The lowest BCUT2D eigenvalue weighted by molar-refractivity contribution is -0.130. The molecule has 1 aromatic carbocycles. The Hall–Kier alpha value is -1.49. The van der Waals surface area contributed by atoms with Crippen molar-refractivity contribution in [2.24, 2.45) is 0 Å². The Balaban J connectivity index is 2.05. The third-order valence-corrected chi connectivity index (χ3v) is 3.68. The van der Waals surface area contributed by atoms with Crippen molar-refractivity contribution in [2.75, 3.05) is 13.7 Å². The average molecular weight is 269 g/mol. The van der Waals surface area contributed by atoms with Crippen molar-refractivity contribution >= 4 is 5.91 Å². The van der Waals surface area contributed by atoms with Gasteiger partial charge in [0.05, 0.1) is 0 Å². The van der Waals surface area contributed by atoms with Gasteiger partial charge in [-0.25, -0.2) is 8.78 Å². The van der Waals surface area contributed by atoms with Crippen LogP contribution < -0.4 is 5.32 Å². The Morgan fingerprint density at radius 2 is 2.16 bits per heavy atom. The van der Waals surface area contributed by atoms with E-state index in [4.69, 9.17) is 4.74 Å². The van der Waals surface area contributed by atoms with E-state index in [0.29, 0.717) is 12.1 Å². The SMILES string of the molecule is COC(C)C(=O)NCC1(c2ccc(F)cc2F)CC1. The van der Waals surface area contributed by atoms with Gasteiger partial charge in [0.2, 0.25) is 5.91 Å². The van der Waals surface area contributed by atoms with Crippen LogP contribution in [-0.2, 0) is 14.9 Å². The number of methoxy groups -OCH3 is 1. The van der Waals surface area contributed by atoms with Crippen molar-refractivity contribution in [2.45, 2.75) is 31.3 Å². The Kier molecular flexibility index (Phi) is 3.85. The lowest BCUT2D eigenvalue weighted by Gasteiger charge is -2.18. The van der Waals surface area contributed by atoms with E-state index >= 15 is 0 Å². The normalized spacial score (nSPS) is 17.9. The molecule has 1 amide bonds. The maximum Gasteiger partial charge on any atom is 0.248 e. The van der Waals surface area contributed by atoms with Gasteiger partial charge in [0.25, 0.3) is 0 Å². The summed E-state index contributed by atoms with van der Waals surface area (Å²) in [6, 6.07) is 3.59. The molecular formula is C14H17F2NO2. The maximum atomic E-state index is 13.8. The summed E-state index contributed by atoms with van der Waals surface area (Å²) in [7, 11) is 1.46. The third-order valence-electron chi connectivity index (χ3n) is 3.68. The average Bonchev–Trinajstić information content (AvgIpc) is 3.16. The molecular weight excluding hydrogens is 252 g/mol. The van der Waals surface area contributed by atoms with Gasteiger partial charge in [0.15, 0.2) is 0 Å². The molecule has 1 fully saturated rings. The molecule has 0 aliphatic heterocycles. The third kappa shape index (κ3) is 2.92. The van der Waals surface area contributed by atoms with Crippen LogP contribution in [-0.4, -0.2) is 25.7 Å². The molecule has 104 valence electrons. The van der Waals surface area contributed by atoms with E-state index in [2.05, 4.69) is 5.32 Å². The quantitative estimate of drug-likeness (QED) is 0.889. The fraction of sp³-hybridized carbons (Fsp3) is 0.500. The molecule has 1 saturated carbocycles. The van der Waals surface area contributed by atoms with Crippen LogP contribution in [0.2, 0.25) is 0 Å². The number of hydrogen-bond acceptors (Lipinski definition) is 2. The summed E-state index contributed by atoms with van der Waals surface area (Å²) in [5.41, 5.74) is 0.0836. The van der Waals surface area contributed by atoms with Gasteiger partial charge < -0.3 is 10.1 Å². The standard InChI is InChI=1S/C14H17F2NO2/c1-9(19-2)13(18)17-8-14(5-6-14)11-4-3-10(15)7-12(11)16/h3-4,7,9H,5-6,8H2,1-2H3,(H,17,18). The summed E-state index contributed by atoms with van der Waals surface area (Å²) in [6.45, 7) is 2.00. The number of carbonyl (C=O) groups is 1. The highest BCUT2D eigenvalue weighted by Gasteiger charge is 2.46. The molecule has 1 aromatic rings. The molecule has 1 aliphatic carbocycles. The van der Waals surface area contributed by atoms with Crippen LogP contribution in [0.3, 0.4) is 0 Å². The summed E-state index contributed by atoms with van der Waals surface area (Å²) in [4.78, 5) is 11.6. The minimum atomic E-state index is -0.589. The smallest absolute Gasteiger partial charge is 0.248 e. The van der Waals surface area contributed by atoms with Crippen molar-refractivity contribution in [1.29, 1.82) is 0 Å². The van der Waals surface area contributed by atoms with Crippen LogP contribution in [0.5, 0.6) is 0 Å². The number of hydrogen-bond donors (Lipinski definition) is 1. The second-order valence-corrected chi connectivity index (χ2v) is 5.00. The van der Waals surface area contributed by atoms with E-state index in [9.17, 15) is 13.6 Å². The summed E-state index contributed by atoms with van der Waals surface area (Å²) in [6.07, 6.45) is 1.04. The predicted octanol–water partition coefficient (Wildman–Crippen LogP) is 2.15. The van der Waals surface area contributed by atoms with Crippen LogP contribution in [0.15, 0.2) is 18.2 Å². The highest BCUT2D eigenvalue weighted by atomic mass is 19.1. The fourth-order valence-electron chi connectivity index (χ4n) is 2.12. The molecule has 1 atom stereocenters. The second kappa shape index (κ2) is 5.25. The molecule has 1 unspecified atom stereocenters. The highest BCUT2D eigenvalue weighted by molar-refractivity contribution is 5.80. The first-order valence-corrected chi connectivity index (χ1v) is 6.24. The largest absolute Gasteiger partial charge is 0.372 e. The van der Waals surface area contributed by atoms with Gasteiger partial charge >= 0.3 is 0 Å². The Morgan fingerprint density at radius 3 is 2.68 bits per heavy atom. The zero-order valence-corrected chi connectivity index (χ0v) is 11.0. The van der Waals surface area contributed by atoms with Gasteiger partial charge in [-0.05, 0) is 31.4 Å². The Labute approximate surface area is 111 Å². The molecule has 0 saturated heterocycles. The van der Waals surface area contributed by atoms with E-state index in [1.165, 1.54) is 19.2 Å². The van der Waals surface area contributed by atoms with E-state index in [1.54, 1.807) is 6.92 Å². The minimum Gasteiger partial charge on any atom is -0.372 e. The zero-order valence-electron chi connectivity index (χ0n) is 11.0. The molecule has 0 radical (unpaired) electrons. The van der Waals surface area contributed by atoms with Crippen molar-refractivity contribution < 1.29 is 18.3 Å². The van der Waals surface area contributed by atoms with Gasteiger partial charge in [0.1, 0.15) is 17.7 Å². The monoisotopic (exact) mass is 269 g/mol. The predicted molar refractivity (Wildman–Crippen MR) is 66.8 cm³/mol. The summed E-state index contributed by atoms with van der Waals surface area (Å²) >= 11 is 0. The number of ether oxygens (including phenoxy) is 1. The van der Waals surface area contributed by atoms with Gasteiger partial charge in [-0.15, -0.1) is 0 Å². The number of nitrogens with one attached hydrogen (secondary N) is 1. The molecule has 0 aromatic heterocycles. The zero-order chi connectivity index (χ0) is 14.0. The summed E-state index contributed by atoms with van der Waals surface area (Å²) in [5, 5.41) is 2.75. The number of benzene rings is 1. The van der Waals surface area contributed by atoms with E-state index in [-0.39, 0.29) is 11.3 Å². The summed E-state index contributed by atoms with van der Waals surface area (Å²) < 4.78 is 31.6. The lowest BCUT2D eigenvalue weighted by atomic mass is 9.95. The first kappa shape index (κ1) is 13.9. The van der Waals surface area contributed by atoms with E-state index in [0.717, 1.165) is 18.9 Å². The Bertz CT molecular complexity index is 486. The summed E-state index contributed by atoms with van der Waals surface area (Å²) in [5.74, 6) is -1.36. The minimum absolute atomic E-state index is 0.226.